The standard InChI is InChI=1S/C20H17NO/c22-20(16-17-10-4-1-5-11-17)21(18-12-6-2-7-13-18)19-14-8-3-9-15-19/h1-4,6-8,10,12-14H,9,15-16H2. The van der Waals surface area contributed by atoms with Crippen LogP contribution in [-0.4, -0.2) is 5.91 Å². The molecule has 1 amide bonds. The summed E-state index contributed by atoms with van der Waals surface area (Å²) in [6, 6.07) is 9.81. The summed E-state index contributed by atoms with van der Waals surface area (Å²) in [6.45, 7) is 0. The van der Waals surface area contributed by atoms with Gasteiger partial charge in [0.05, 0.1) is 6.42 Å². The molecule has 22 heavy (non-hydrogen) atoms. The van der Waals surface area contributed by atoms with E-state index < -0.39 is 0 Å². The van der Waals surface area contributed by atoms with Crippen molar-refractivity contribution in [2.24, 2.45) is 0 Å². The first kappa shape index (κ1) is 14.2. The second-order valence-electron chi connectivity index (χ2n) is 5.19. The Hall–Kier alpha value is -2.79. The topological polar surface area (TPSA) is 20.3 Å². The molecular formula is C20H17NO. The van der Waals surface area contributed by atoms with Crippen LogP contribution in [0.5, 0.6) is 0 Å². The van der Waals surface area contributed by atoms with Gasteiger partial charge in [0, 0.05) is 17.0 Å². The van der Waals surface area contributed by atoms with E-state index in [1.807, 2.05) is 59.5 Å². The summed E-state index contributed by atoms with van der Waals surface area (Å²) in [7, 11) is 0. The van der Waals surface area contributed by atoms with E-state index in [1.54, 1.807) is 6.08 Å². The van der Waals surface area contributed by atoms with Gasteiger partial charge in [-0.2, -0.15) is 0 Å². The Kier molecular flexibility index (Phi) is 4.36. The summed E-state index contributed by atoms with van der Waals surface area (Å²) < 4.78 is 0. The first-order valence-electron chi connectivity index (χ1n) is 7.45. The third-order valence-electron chi connectivity index (χ3n) is 3.59. The molecule has 2 aliphatic carbocycles. The molecular weight excluding hydrogens is 270 g/mol. The number of amides is 1. The maximum atomic E-state index is 12.8. The van der Waals surface area contributed by atoms with Crippen LogP contribution in [0.1, 0.15) is 19.3 Å². The molecule has 0 atom stereocenters. The second-order valence-corrected chi connectivity index (χ2v) is 5.19. The van der Waals surface area contributed by atoms with Crippen molar-refractivity contribution in [1.29, 1.82) is 0 Å². The Morgan fingerprint density at radius 3 is 2.73 bits per heavy atom. The Bertz CT molecular complexity index is 752. The third kappa shape index (κ3) is 3.27. The molecule has 0 aromatic heterocycles. The predicted molar refractivity (Wildman–Crippen MR) is 89.3 cm³/mol. The number of carbonyl (C=O) groups excluding carboxylic acids is 1. The SMILES string of the molecule is O=C(CC1=C=C=CC=C1)N(C1=CC=CCC1)c1ccccc1. The molecule has 0 saturated heterocycles. The van der Waals surface area contributed by atoms with Gasteiger partial charge in [0.15, 0.2) is 0 Å². The van der Waals surface area contributed by atoms with Gasteiger partial charge in [-0.1, -0.05) is 47.9 Å². The summed E-state index contributed by atoms with van der Waals surface area (Å²) in [5.74, 6) is 0.0589. The van der Waals surface area contributed by atoms with E-state index in [2.05, 4.69) is 17.5 Å². The van der Waals surface area contributed by atoms with Crippen LogP contribution < -0.4 is 4.90 Å². The van der Waals surface area contributed by atoms with Gasteiger partial charge >= 0.3 is 0 Å². The van der Waals surface area contributed by atoms with Gasteiger partial charge in [0.2, 0.25) is 5.91 Å². The number of hydrogen-bond donors (Lipinski definition) is 0. The number of carbonyl (C=O) groups is 1. The number of benzene rings is 1. The lowest BCUT2D eigenvalue weighted by Crippen LogP contribution is -2.30. The fraction of sp³-hybridized carbons (Fsp3) is 0.150. The lowest BCUT2D eigenvalue weighted by atomic mass is 10.1. The minimum atomic E-state index is 0.0589. The summed E-state index contributed by atoms with van der Waals surface area (Å²) >= 11 is 0. The maximum absolute atomic E-state index is 12.8. The van der Waals surface area contributed by atoms with E-state index in [9.17, 15) is 4.79 Å². The number of para-hydroxylation sites is 1. The number of allylic oxidation sites excluding steroid dienone is 7. The predicted octanol–water partition coefficient (Wildman–Crippen LogP) is 4.45. The van der Waals surface area contributed by atoms with E-state index in [1.165, 1.54) is 0 Å². The molecule has 0 unspecified atom stereocenters. The lowest BCUT2D eigenvalue weighted by molar-refractivity contribution is -0.117. The average molecular weight is 287 g/mol. The monoisotopic (exact) mass is 287 g/mol. The maximum Gasteiger partial charge on any atom is 0.236 e. The fourth-order valence-electron chi connectivity index (χ4n) is 2.56. The summed E-state index contributed by atoms with van der Waals surface area (Å²) in [4.78, 5) is 14.7. The average Bonchev–Trinajstić information content (AvgIpc) is 2.58. The van der Waals surface area contributed by atoms with Crippen molar-refractivity contribution in [3.8, 4) is 0 Å². The zero-order valence-corrected chi connectivity index (χ0v) is 12.3. The summed E-state index contributed by atoms with van der Waals surface area (Å²) in [5.41, 5.74) is 8.72. The molecule has 1 aromatic carbocycles. The highest BCUT2D eigenvalue weighted by atomic mass is 16.2. The molecule has 0 heterocycles. The van der Waals surface area contributed by atoms with E-state index in [-0.39, 0.29) is 5.91 Å². The smallest absolute Gasteiger partial charge is 0.236 e. The van der Waals surface area contributed by atoms with E-state index in [0.717, 1.165) is 29.8 Å². The van der Waals surface area contributed by atoms with Gasteiger partial charge in [-0.05, 0) is 43.2 Å². The molecule has 0 fully saturated rings. The molecule has 0 aliphatic heterocycles. The third-order valence-corrected chi connectivity index (χ3v) is 3.59. The largest absolute Gasteiger partial charge is 0.285 e. The second kappa shape index (κ2) is 6.78. The van der Waals surface area contributed by atoms with Crippen molar-refractivity contribution in [2.45, 2.75) is 19.3 Å². The van der Waals surface area contributed by atoms with Crippen molar-refractivity contribution in [3.63, 3.8) is 0 Å². The van der Waals surface area contributed by atoms with Gasteiger partial charge in [-0.3, -0.25) is 9.69 Å². The first-order valence-corrected chi connectivity index (χ1v) is 7.45. The summed E-state index contributed by atoms with van der Waals surface area (Å²) in [6.07, 6.45) is 13.9. The molecule has 0 N–H and O–H groups in total. The van der Waals surface area contributed by atoms with Crippen molar-refractivity contribution >= 4 is 11.6 Å². The zero-order valence-electron chi connectivity index (χ0n) is 12.3. The molecule has 1 aromatic rings. The lowest BCUT2D eigenvalue weighted by Gasteiger charge is -2.26. The fourth-order valence-corrected chi connectivity index (χ4v) is 2.56. The zero-order chi connectivity index (χ0) is 15.2. The normalized spacial score (nSPS) is 15.5. The first-order chi connectivity index (χ1) is 10.8. The van der Waals surface area contributed by atoms with Crippen LogP contribution in [0, 0.1) is 0 Å². The quantitative estimate of drug-likeness (QED) is 0.749. The highest BCUT2D eigenvalue weighted by Gasteiger charge is 2.20. The van der Waals surface area contributed by atoms with Crippen LogP contribution in [0.3, 0.4) is 0 Å². The molecule has 2 heteroatoms. The van der Waals surface area contributed by atoms with E-state index in [0.29, 0.717) is 6.42 Å². The minimum Gasteiger partial charge on any atom is -0.285 e. The number of hydrogen-bond acceptors (Lipinski definition) is 1. The molecule has 0 spiro atoms. The van der Waals surface area contributed by atoms with E-state index >= 15 is 0 Å². The molecule has 2 nitrogen and oxygen atoms in total. The molecule has 0 radical (unpaired) electrons. The Labute approximate surface area is 130 Å². The van der Waals surface area contributed by atoms with Crippen molar-refractivity contribution < 1.29 is 4.79 Å². The molecule has 2 aliphatic rings. The van der Waals surface area contributed by atoms with Crippen LogP contribution in [0.4, 0.5) is 5.69 Å². The number of nitrogens with zero attached hydrogens (tertiary/aromatic N) is 1. The van der Waals surface area contributed by atoms with Gasteiger partial charge in [-0.25, -0.2) is 0 Å². The van der Waals surface area contributed by atoms with Crippen LogP contribution in [-0.2, 0) is 4.79 Å². The van der Waals surface area contributed by atoms with Crippen LogP contribution >= 0.6 is 0 Å². The highest BCUT2D eigenvalue weighted by molar-refractivity contribution is 5.98. The van der Waals surface area contributed by atoms with Gasteiger partial charge in [0.1, 0.15) is 0 Å². The Morgan fingerprint density at radius 1 is 1.18 bits per heavy atom. The van der Waals surface area contributed by atoms with Gasteiger partial charge < -0.3 is 0 Å². The van der Waals surface area contributed by atoms with Crippen LogP contribution in [0.15, 0.2) is 89.5 Å². The molecule has 108 valence electrons. The van der Waals surface area contributed by atoms with Crippen molar-refractivity contribution in [1.82, 2.24) is 0 Å². The van der Waals surface area contributed by atoms with Gasteiger partial charge in [-0.15, -0.1) is 0 Å². The number of anilines is 1. The Morgan fingerprint density at radius 2 is 2.05 bits per heavy atom. The highest BCUT2D eigenvalue weighted by Crippen LogP contribution is 2.26. The molecule has 3 rings (SSSR count). The molecule has 0 bridgehead atoms. The van der Waals surface area contributed by atoms with E-state index in [4.69, 9.17) is 0 Å². The Balaban J connectivity index is 1.91. The van der Waals surface area contributed by atoms with Crippen molar-refractivity contribution in [2.75, 3.05) is 4.90 Å². The number of rotatable bonds is 4. The minimum absolute atomic E-state index is 0.0589. The van der Waals surface area contributed by atoms with Crippen LogP contribution in [0.2, 0.25) is 0 Å². The van der Waals surface area contributed by atoms with Crippen molar-refractivity contribution in [3.05, 3.63) is 89.5 Å². The molecule has 0 saturated carbocycles. The summed E-state index contributed by atoms with van der Waals surface area (Å²) in [5, 5.41) is 0. The van der Waals surface area contributed by atoms with Gasteiger partial charge in [0.25, 0.3) is 0 Å². The van der Waals surface area contributed by atoms with Crippen LogP contribution in [0.25, 0.3) is 0 Å².